The van der Waals surface area contributed by atoms with E-state index in [4.69, 9.17) is 5.10 Å². The first kappa shape index (κ1) is 18.4. The highest BCUT2D eigenvalue weighted by Gasteiger charge is 2.27. The predicted octanol–water partition coefficient (Wildman–Crippen LogP) is 5.07. The van der Waals surface area contributed by atoms with Crippen LogP contribution in [-0.2, 0) is 0 Å². The van der Waals surface area contributed by atoms with E-state index in [9.17, 15) is 4.79 Å². The lowest BCUT2D eigenvalue weighted by Crippen LogP contribution is -2.32. The molecule has 5 nitrogen and oxygen atoms in total. The minimum Gasteiger partial charge on any atom is -0.363 e. The topological polar surface area (TPSA) is 59.8 Å². The maximum Gasteiger partial charge on any atom is 0.300 e. The number of aromatic nitrogens is 3. The van der Waals surface area contributed by atoms with Gasteiger partial charge in [-0.25, -0.2) is 4.68 Å². The van der Waals surface area contributed by atoms with E-state index >= 15 is 0 Å². The van der Waals surface area contributed by atoms with E-state index in [0.717, 1.165) is 23.2 Å². The molecule has 1 aliphatic heterocycles. The molecule has 0 fully saturated rings. The van der Waals surface area contributed by atoms with Crippen molar-refractivity contribution in [3.8, 4) is 22.6 Å². The molecule has 3 aromatic rings. The smallest absolute Gasteiger partial charge is 0.300 e. The molecular formula is C23H26N4O. The zero-order valence-electron chi connectivity index (χ0n) is 16.8. The lowest BCUT2D eigenvalue weighted by atomic mass is 10.0. The van der Waals surface area contributed by atoms with Gasteiger partial charge in [0.2, 0.25) is 0 Å². The Morgan fingerprint density at radius 3 is 2.43 bits per heavy atom. The van der Waals surface area contributed by atoms with Crippen LogP contribution < -0.4 is 10.9 Å². The minimum absolute atomic E-state index is 0.0355. The third-order valence-electron chi connectivity index (χ3n) is 5.17. The Bertz CT molecular complexity index is 1050. The largest absolute Gasteiger partial charge is 0.363 e. The van der Waals surface area contributed by atoms with Gasteiger partial charge in [-0.2, -0.15) is 10.1 Å². The third kappa shape index (κ3) is 3.33. The van der Waals surface area contributed by atoms with Gasteiger partial charge in [-0.3, -0.25) is 4.79 Å². The maximum absolute atomic E-state index is 12.8. The summed E-state index contributed by atoms with van der Waals surface area (Å²) in [5.74, 6) is 1.55. The molecule has 0 saturated heterocycles. The Morgan fingerprint density at radius 1 is 1.04 bits per heavy atom. The lowest BCUT2D eigenvalue weighted by molar-refractivity contribution is 0.398. The number of benzene rings is 2. The molecule has 0 aliphatic carbocycles. The van der Waals surface area contributed by atoms with Crippen LogP contribution in [0.3, 0.4) is 0 Å². The predicted molar refractivity (Wildman–Crippen MR) is 113 cm³/mol. The number of nitrogens with zero attached hydrogens (tertiary/aromatic N) is 3. The molecule has 0 spiro atoms. The third-order valence-corrected chi connectivity index (χ3v) is 5.17. The van der Waals surface area contributed by atoms with Gasteiger partial charge < -0.3 is 5.32 Å². The van der Waals surface area contributed by atoms with Gasteiger partial charge in [0.25, 0.3) is 5.56 Å². The van der Waals surface area contributed by atoms with Crippen LogP contribution in [0.15, 0.2) is 53.3 Å². The second-order valence-corrected chi connectivity index (χ2v) is 8.15. The van der Waals surface area contributed by atoms with Gasteiger partial charge in [0.05, 0.1) is 0 Å². The van der Waals surface area contributed by atoms with Crippen LogP contribution in [0.2, 0.25) is 0 Å². The molecule has 0 amide bonds. The first-order valence-corrected chi connectivity index (χ1v) is 9.91. The van der Waals surface area contributed by atoms with Crippen LogP contribution in [0.5, 0.6) is 0 Å². The van der Waals surface area contributed by atoms with E-state index in [1.165, 1.54) is 5.56 Å². The Hall–Kier alpha value is -2.95. The lowest BCUT2D eigenvalue weighted by Gasteiger charge is -2.31. The van der Waals surface area contributed by atoms with Crippen LogP contribution in [-0.4, -0.2) is 14.8 Å². The van der Waals surface area contributed by atoms with Crippen LogP contribution >= 0.6 is 0 Å². The van der Waals surface area contributed by atoms with Gasteiger partial charge in [0.15, 0.2) is 11.5 Å². The van der Waals surface area contributed by atoms with Crippen LogP contribution in [0.25, 0.3) is 22.6 Å². The fourth-order valence-electron chi connectivity index (χ4n) is 3.66. The quantitative estimate of drug-likeness (QED) is 0.693. The number of anilines is 1. The maximum atomic E-state index is 12.8. The van der Waals surface area contributed by atoms with Crippen molar-refractivity contribution < 1.29 is 0 Å². The summed E-state index contributed by atoms with van der Waals surface area (Å²) in [5, 5.41) is 8.34. The molecule has 28 heavy (non-hydrogen) atoms. The molecule has 0 saturated carbocycles. The van der Waals surface area contributed by atoms with Gasteiger partial charge >= 0.3 is 0 Å². The van der Waals surface area contributed by atoms with Gasteiger partial charge in [-0.05, 0) is 36.0 Å². The fourth-order valence-corrected chi connectivity index (χ4v) is 3.66. The Morgan fingerprint density at radius 2 is 1.75 bits per heavy atom. The van der Waals surface area contributed by atoms with Gasteiger partial charge in [-0.1, -0.05) is 64.1 Å². The summed E-state index contributed by atoms with van der Waals surface area (Å²) >= 11 is 0. The molecule has 0 unspecified atom stereocenters. The van der Waals surface area contributed by atoms with Gasteiger partial charge in [0, 0.05) is 16.8 Å². The van der Waals surface area contributed by atoms with E-state index in [1.54, 1.807) is 0 Å². The summed E-state index contributed by atoms with van der Waals surface area (Å²) in [6.07, 6.45) is 0.858. The Kier molecular flexibility index (Phi) is 4.75. The van der Waals surface area contributed by atoms with Crippen molar-refractivity contribution in [1.82, 2.24) is 14.8 Å². The summed E-state index contributed by atoms with van der Waals surface area (Å²) < 4.78 is 1.88. The first-order chi connectivity index (χ1) is 13.4. The molecule has 2 aromatic carbocycles. The monoisotopic (exact) mass is 374 g/mol. The highest BCUT2D eigenvalue weighted by molar-refractivity contribution is 5.76. The van der Waals surface area contributed by atoms with E-state index in [1.807, 2.05) is 41.1 Å². The van der Waals surface area contributed by atoms with E-state index in [0.29, 0.717) is 23.4 Å². The zero-order chi connectivity index (χ0) is 19.8. The fraction of sp³-hybridized carbons (Fsp3) is 0.348. The average molecular weight is 374 g/mol. The molecule has 0 bridgehead atoms. The zero-order valence-corrected chi connectivity index (χ0v) is 16.8. The van der Waals surface area contributed by atoms with Crippen molar-refractivity contribution in [3.05, 3.63) is 64.4 Å². The molecule has 2 heterocycles. The van der Waals surface area contributed by atoms with Gasteiger partial charge in [0.1, 0.15) is 6.17 Å². The summed E-state index contributed by atoms with van der Waals surface area (Å²) in [4.78, 5) is 17.3. The van der Waals surface area contributed by atoms with Crippen molar-refractivity contribution in [2.45, 2.75) is 46.2 Å². The summed E-state index contributed by atoms with van der Waals surface area (Å²) in [6.45, 7) is 8.68. The molecule has 1 N–H and O–H groups in total. The molecular weight excluding hydrogens is 348 g/mol. The first-order valence-electron chi connectivity index (χ1n) is 9.91. The second-order valence-electron chi connectivity index (χ2n) is 8.15. The normalized spacial score (nSPS) is 15.3. The standard InChI is InChI=1S/C23H26N4O/c1-14(2)13-20-24-19-8-6-5-7-18(19)22-25-23(28)21(26-27(20)22)17-11-9-16(10-12-17)15(3)4/h5-12,14-15,20,24H,13H2,1-4H3/t20-/m1/s1. The average Bonchev–Trinajstić information content (AvgIpc) is 2.67. The molecule has 1 atom stereocenters. The van der Waals surface area contributed by atoms with Crippen molar-refractivity contribution in [2.75, 3.05) is 5.32 Å². The van der Waals surface area contributed by atoms with Crippen LogP contribution in [0, 0.1) is 5.92 Å². The minimum atomic E-state index is -0.288. The van der Waals surface area contributed by atoms with E-state index < -0.39 is 0 Å². The molecule has 0 radical (unpaired) electrons. The highest BCUT2D eigenvalue weighted by atomic mass is 16.1. The van der Waals surface area contributed by atoms with Crippen molar-refractivity contribution >= 4 is 5.69 Å². The van der Waals surface area contributed by atoms with Crippen molar-refractivity contribution in [1.29, 1.82) is 0 Å². The molecule has 1 aliphatic rings. The molecule has 144 valence electrons. The summed E-state index contributed by atoms with van der Waals surface area (Å²) in [5.41, 5.74) is 4.06. The van der Waals surface area contributed by atoms with Crippen molar-refractivity contribution in [3.63, 3.8) is 0 Å². The van der Waals surface area contributed by atoms with Crippen LogP contribution in [0.1, 0.15) is 51.8 Å². The van der Waals surface area contributed by atoms with Crippen LogP contribution in [0.4, 0.5) is 5.69 Å². The van der Waals surface area contributed by atoms with Crippen molar-refractivity contribution in [2.24, 2.45) is 5.92 Å². The SMILES string of the molecule is CC(C)C[C@@H]1Nc2ccccc2-c2nc(=O)c(-c3ccc(C(C)C)cc3)nn21. The Balaban J connectivity index is 1.85. The number of para-hydroxylation sites is 1. The van der Waals surface area contributed by atoms with E-state index in [-0.39, 0.29) is 11.7 Å². The van der Waals surface area contributed by atoms with E-state index in [2.05, 4.69) is 50.1 Å². The molecule has 5 heteroatoms. The second kappa shape index (κ2) is 7.23. The highest BCUT2D eigenvalue weighted by Crippen LogP contribution is 2.36. The molecule has 1 aromatic heterocycles. The Labute approximate surface area is 165 Å². The number of rotatable bonds is 4. The number of hydrogen-bond acceptors (Lipinski definition) is 4. The summed E-state index contributed by atoms with van der Waals surface area (Å²) in [7, 11) is 0. The molecule has 4 rings (SSSR count). The summed E-state index contributed by atoms with van der Waals surface area (Å²) in [6, 6.07) is 16.0. The number of hydrogen-bond donors (Lipinski definition) is 1. The number of fused-ring (bicyclic) bond motifs is 3. The van der Waals surface area contributed by atoms with Gasteiger partial charge in [-0.15, -0.1) is 0 Å². The number of nitrogens with one attached hydrogen (secondary N) is 1.